The summed E-state index contributed by atoms with van der Waals surface area (Å²) in [5.41, 5.74) is 4.01. The van der Waals surface area contributed by atoms with Gasteiger partial charge in [-0.05, 0) is 35.9 Å². The van der Waals surface area contributed by atoms with E-state index in [1.807, 2.05) is 30.6 Å². The number of rotatable bonds is 2. The van der Waals surface area contributed by atoms with E-state index >= 15 is 0 Å². The smallest absolute Gasteiger partial charge is 0.153 e. The summed E-state index contributed by atoms with van der Waals surface area (Å²) in [5.74, 6) is 0.158. The first-order valence-corrected chi connectivity index (χ1v) is 7.45. The van der Waals surface area contributed by atoms with Gasteiger partial charge >= 0.3 is 0 Å². The first kappa shape index (κ1) is 13.2. The van der Waals surface area contributed by atoms with Gasteiger partial charge in [-0.25, -0.2) is 9.50 Å². The fraction of sp³-hybridized carbons (Fsp3) is 0.118. The molecular weight excluding hydrogens is 296 g/mol. The number of hydrogen-bond donors (Lipinski definition) is 0. The second-order valence-electron chi connectivity index (χ2n) is 5.29. The molecule has 0 spiro atoms. The van der Waals surface area contributed by atoms with E-state index in [1.54, 1.807) is 10.6 Å². The Labute approximate surface area is 132 Å². The van der Waals surface area contributed by atoms with Crippen molar-refractivity contribution in [2.45, 2.75) is 12.8 Å². The molecule has 0 saturated carbocycles. The van der Waals surface area contributed by atoms with Crippen LogP contribution in [0.4, 0.5) is 0 Å². The molecule has 0 aliphatic carbocycles. The number of hydrogen-bond acceptors (Lipinski definition) is 3. The Morgan fingerprint density at radius 2 is 2.00 bits per heavy atom. The van der Waals surface area contributed by atoms with Crippen LogP contribution in [0.1, 0.15) is 24.1 Å². The molecule has 0 aliphatic heterocycles. The van der Waals surface area contributed by atoms with Crippen molar-refractivity contribution in [1.29, 1.82) is 0 Å². The lowest BCUT2D eigenvalue weighted by Crippen LogP contribution is -2.03. The minimum atomic E-state index is 0.158. The highest BCUT2D eigenvalue weighted by atomic mass is 35.5. The van der Waals surface area contributed by atoms with Crippen LogP contribution in [0.5, 0.6) is 0 Å². The molecule has 0 radical (unpaired) electrons. The van der Waals surface area contributed by atoms with Crippen molar-refractivity contribution in [3.8, 4) is 0 Å². The van der Waals surface area contributed by atoms with Crippen molar-refractivity contribution in [2.75, 3.05) is 0 Å². The van der Waals surface area contributed by atoms with Crippen molar-refractivity contribution < 1.29 is 0 Å². The van der Waals surface area contributed by atoms with Gasteiger partial charge in [0.05, 0.1) is 17.4 Å². The Morgan fingerprint density at radius 1 is 1.09 bits per heavy atom. The molecule has 1 aromatic carbocycles. The van der Waals surface area contributed by atoms with E-state index in [4.69, 9.17) is 11.6 Å². The van der Waals surface area contributed by atoms with Gasteiger partial charge < -0.3 is 0 Å². The van der Waals surface area contributed by atoms with Crippen LogP contribution >= 0.6 is 11.6 Å². The molecule has 1 atom stereocenters. The molecule has 0 amide bonds. The van der Waals surface area contributed by atoms with Crippen molar-refractivity contribution in [3.63, 3.8) is 0 Å². The maximum Gasteiger partial charge on any atom is 0.153 e. The zero-order chi connectivity index (χ0) is 15.1. The summed E-state index contributed by atoms with van der Waals surface area (Å²) in [6.45, 7) is 2.14. The highest BCUT2D eigenvalue weighted by Gasteiger charge is 2.15. The molecule has 108 valence electrons. The maximum atomic E-state index is 6.01. The molecule has 0 unspecified atom stereocenters. The lowest BCUT2D eigenvalue weighted by molar-refractivity contribution is 0.791. The van der Waals surface area contributed by atoms with Crippen LogP contribution in [-0.2, 0) is 0 Å². The molecule has 0 aliphatic rings. The Bertz CT molecular complexity index is 977. The molecule has 3 aromatic heterocycles. The van der Waals surface area contributed by atoms with Crippen LogP contribution in [0, 0.1) is 0 Å². The molecular formula is C17H13ClN4. The average Bonchev–Trinajstić information content (AvgIpc) is 2.96. The van der Waals surface area contributed by atoms with E-state index in [0.29, 0.717) is 5.15 Å². The zero-order valence-electron chi connectivity index (χ0n) is 11.9. The fourth-order valence-electron chi connectivity index (χ4n) is 2.70. The maximum absolute atomic E-state index is 6.01. The second-order valence-corrected chi connectivity index (χ2v) is 5.67. The lowest BCUT2D eigenvalue weighted by Gasteiger charge is -2.12. The molecule has 4 nitrogen and oxygen atoms in total. The van der Waals surface area contributed by atoms with Gasteiger partial charge in [0.15, 0.2) is 5.65 Å². The predicted molar refractivity (Wildman–Crippen MR) is 87.3 cm³/mol. The third kappa shape index (κ3) is 2.12. The summed E-state index contributed by atoms with van der Waals surface area (Å²) < 4.78 is 1.81. The van der Waals surface area contributed by atoms with Crippen molar-refractivity contribution >= 4 is 28.2 Å². The SMILES string of the molecule is C[C@H](c1ccc2ncccc2c1)c1cnc2ccc(Cl)nn12. The number of fused-ring (bicyclic) bond motifs is 2. The number of benzene rings is 1. The van der Waals surface area contributed by atoms with Crippen molar-refractivity contribution in [1.82, 2.24) is 19.6 Å². The molecule has 0 bridgehead atoms. The number of aromatic nitrogens is 4. The van der Waals surface area contributed by atoms with E-state index in [1.165, 1.54) is 5.56 Å². The largest absolute Gasteiger partial charge is 0.256 e. The fourth-order valence-corrected chi connectivity index (χ4v) is 2.84. The van der Waals surface area contributed by atoms with E-state index in [2.05, 4.69) is 40.2 Å². The van der Waals surface area contributed by atoms with Crippen LogP contribution in [0.3, 0.4) is 0 Å². The first-order valence-electron chi connectivity index (χ1n) is 7.07. The monoisotopic (exact) mass is 308 g/mol. The highest BCUT2D eigenvalue weighted by molar-refractivity contribution is 6.29. The molecule has 4 aromatic rings. The van der Waals surface area contributed by atoms with Gasteiger partial charge in [-0.1, -0.05) is 30.7 Å². The van der Waals surface area contributed by atoms with Gasteiger partial charge in [-0.3, -0.25) is 4.98 Å². The minimum Gasteiger partial charge on any atom is -0.256 e. The van der Waals surface area contributed by atoms with Gasteiger partial charge in [0, 0.05) is 17.5 Å². The molecule has 22 heavy (non-hydrogen) atoms. The summed E-state index contributed by atoms with van der Waals surface area (Å²) in [7, 11) is 0. The third-order valence-corrected chi connectivity index (χ3v) is 4.13. The minimum absolute atomic E-state index is 0.158. The quantitative estimate of drug-likeness (QED) is 0.560. The van der Waals surface area contributed by atoms with E-state index in [0.717, 1.165) is 22.2 Å². The molecule has 0 saturated heterocycles. The van der Waals surface area contributed by atoms with Crippen LogP contribution < -0.4 is 0 Å². The molecule has 5 heteroatoms. The Balaban J connectivity index is 1.84. The normalized spacial score (nSPS) is 12.8. The van der Waals surface area contributed by atoms with Crippen LogP contribution in [0.25, 0.3) is 16.6 Å². The summed E-state index contributed by atoms with van der Waals surface area (Å²) in [6, 6.07) is 14.0. The number of imidazole rings is 1. The third-order valence-electron chi connectivity index (χ3n) is 3.93. The van der Waals surface area contributed by atoms with Crippen molar-refractivity contribution in [2.24, 2.45) is 0 Å². The van der Waals surface area contributed by atoms with E-state index < -0.39 is 0 Å². The van der Waals surface area contributed by atoms with Gasteiger partial charge in [-0.15, -0.1) is 0 Å². The van der Waals surface area contributed by atoms with Crippen molar-refractivity contribution in [3.05, 3.63) is 71.3 Å². The van der Waals surface area contributed by atoms with Crippen LogP contribution in [-0.4, -0.2) is 19.6 Å². The highest BCUT2D eigenvalue weighted by Crippen LogP contribution is 2.27. The van der Waals surface area contributed by atoms with Gasteiger partial charge in [0.1, 0.15) is 5.15 Å². The summed E-state index contributed by atoms with van der Waals surface area (Å²) >= 11 is 6.01. The molecule has 3 heterocycles. The summed E-state index contributed by atoms with van der Waals surface area (Å²) in [6.07, 6.45) is 3.67. The van der Waals surface area contributed by atoms with Gasteiger partial charge in [0.2, 0.25) is 0 Å². The topological polar surface area (TPSA) is 43.1 Å². The first-order chi connectivity index (χ1) is 10.7. The lowest BCUT2D eigenvalue weighted by atomic mass is 9.97. The Morgan fingerprint density at radius 3 is 2.91 bits per heavy atom. The summed E-state index contributed by atoms with van der Waals surface area (Å²) in [4.78, 5) is 8.76. The van der Waals surface area contributed by atoms with Gasteiger partial charge in [-0.2, -0.15) is 5.10 Å². The Hall–Kier alpha value is -2.46. The zero-order valence-corrected chi connectivity index (χ0v) is 12.7. The number of pyridine rings is 1. The number of halogens is 1. The second kappa shape index (κ2) is 5.07. The van der Waals surface area contributed by atoms with Crippen LogP contribution in [0.15, 0.2) is 54.9 Å². The van der Waals surface area contributed by atoms with E-state index in [9.17, 15) is 0 Å². The Kier molecular flexibility index (Phi) is 3.05. The summed E-state index contributed by atoms with van der Waals surface area (Å²) in [5, 5.41) is 5.94. The van der Waals surface area contributed by atoms with Gasteiger partial charge in [0.25, 0.3) is 0 Å². The van der Waals surface area contributed by atoms with Crippen LogP contribution in [0.2, 0.25) is 5.15 Å². The standard InChI is InChI=1S/C17H13ClN4/c1-11(12-4-5-14-13(9-12)3-2-8-19-14)15-10-20-17-7-6-16(18)21-22(15)17/h2-11H,1H3/t11-/m1/s1. The number of nitrogens with zero attached hydrogens (tertiary/aromatic N) is 4. The molecule has 0 fully saturated rings. The predicted octanol–water partition coefficient (Wildman–Crippen LogP) is 4.08. The average molecular weight is 309 g/mol. The molecule has 0 N–H and O–H groups in total. The molecule has 4 rings (SSSR count). The van der Waals surface area contributed by atoms with E-state index in [-0.39, 0.29) is 5.92 Å².